The van der Waals surface area contributed by atoms with Crippen molar-refractivity contribution in [3.63, 3.8) is 0 Å². The van der Waals surface area contributed by atoms with Crippen LogP contribution >= 0.6 is 31.9 Å². The van der Waals surface area contributed by atoms with E-state index in [9.17, 15) is 0 Å². The fourth-order valence-electron chi connectivity index (χ4n) is 0.917. The average Bonchev–Trinajstić information content (AvgIpc) is 2.20. The van der Waals surface area contributed by atoms with Crippen LogP contribution in [0, 0.1) is 22.7 Å². The van der Waals surface area contributed by atoms with E-state index in [0.717, 1.165) is 8.61 Å². The van der Waals surface area contributed by atoms with Crippen LogP contribution in [0.4, 0.5) is 0 Å². The van der Waals surface area contributed by atoms with Crippen molar-refractivity contribution in [2.75, 3.05) is 0 Å². The number of benzene rings is 1. The van der Waals surface area contributed by atoms with E-state index in [1.807, 2.05) is 24.3 Å². The van der Waals surface area contributed by atoms with E-state index in [4.69, 9.17) is 10.5 Å². The molecule has 0 atom stereocenters. The summed E-state index contributed by atoms with van der Waals surface area (Å²) in [7, 11) is 0. The highest BCUT2D eigenvalue weighted by Gasteiger charge is 1.93. The third kappa shape index (κ3) is 2.45. The normalized spacial score (nSPS) is 8.57. The highest BCUT2D eigenvalue weighted by Crippen LogP contribution is 2.11. The molecule has 0 aliphatic carbocycles. The van der Waals surface area contributed by atoms with E-state index in [1.165, 1.54) is 0 Å². The highest BCUT2D eigenvalue weighted by atomic mass is 79.9. The van der Waals surface area contributed by atoms with E-state index in [0.29, 0.717) is 5.22 Å². The second-order valence-electron chi connectivity index (χ2n) is 2.44. The molecule has 0 N–H and O–H groups in total. The largest absolute Gasteiger partial charge is 0.192 e. The van der Waals surface area contributed by atoms with E-state index in [2.05, 4.69) is 31.9 Å². The Kier molecular flexibility index (Phi) is 3.88. The van der Waals surface area contributed by atoms with Crippen molar-refractivity contribution in [2.45, 2.75) is 0 Å². The van der Waals surface area contributed by atoms with Crippen molar-refractivity contribution < 1.29 is 0 Å². The number of rotatable bonds is 0. The first-order valence-electron chi connectivity index (χ1n) is 3.65. The predicted octanol–water partition coefficient (Wildman–Crippen LogP) is 1.74. The molecule has 1 aromatic carbocycles. The molecule has 0 spiro atoms. The van der Waals surface area contributed by atoms with Crippen LogP contribution in [0.2, 0.25) is 0 Å². The zero-order chi connectivity index (χ0) is 10.6. The van der Waals surface area contributed by atoms with Crippen molar-refractivity contribution in [1.29, 1.82) is 10.5 Å². The highest BCUT2D eigenvalue weighted by molar-refractivity contribution is 9.33. The van der Waals surface area contributed by atoms with Gasteiger partial charge in [0.25, 0.3) is 0 Å². The van der Waals surface area contributed by atoms with Gasteiger partial charge in [0.2, 0.25) is 0 Å². The van der Waals surface area contributed by atoms with Crippen LogP contribution in [-0.2, 0) is 0 Å². The lowest BCUT2D eigenvalue weighted by Crippen LogP contribution is -2.09. The van der Waals surface area contributed by atoms with Gasteiger partial charge in [0.05, 0.1) is 3.39 Å². The molecule has 0 unspecified atom stereocenters. The molecule has 14 heavy (non-hydrogen) atoms. The number of halogens is 2. The molecule has 0 radical (unpaired) electrons. The first-order valence-corrected chi connectivity index (χ1v) is 5.23. The molecule has 0 aliphatic rings. The van der Waals surface area contributed by atoms with Gasteiger partial charge in [-0.3, -0.25) is 0 Å². The van der Waals surface area contributed by atoms with Crippen LogP contribution in [0.3, 0.4) is 0 Å². The quantitative estimate of drug-likeness (QED) is 0.733. The van der Waals surface area contributed by atoms with E-state index < -0.39 is 0 Å². The second-order valence-corrected chi connectivity index (χ2v) is 5.09. The maximum Gasteiger partial charge on any atom is 0.136 e. The summed E-state index contributed by atoms with van der Waals surface area (Å²) in [6.45, 7) is 0. The summed E-state index contributed by atoms with van der Waals surface area (Å²) in [4.78, 5) is 0. The van der Waals surface area contributed by atoms with Crippen molar-refractivity contribution in [3.8, 4) is 12.1 Å². The van der Waals surface area contributed by atoms with Gasteiger partial charge < -0.3 is 0 Å². The summed E-state index contributed by atoms with van der Waals surface area (Å²) in [6, 6.07) is 10.8. The second kappa shape index (κ2) is 4.95. The fraction of sp³-hybridized carbons (Fsp3) is 0. The molecule has 0 heterocycles. The Morgan fingerprint density at radius 2 is 1.36 bits per heavy atom. The maximum absolute atomic E-state index is 8.62. The zero-order valence-corrected chi connectivity index (χ0v) is 10.1. The van der Waals surface area contributed by atoms with Crippen molar-refractivity contribution in [3.05, 3.63) is 34.7 Å². The van der Waals surface area contributed by atoms with Crippen LogP contribution in [0.5, 0.6) is 0 Å². The monoisotopic (exact) mass is 310 g/mol. The molecular formula is C10H4Br2N2. The minimum atomic E-state index is 0.127. The molecule has 4 heteroatoms. The van der Waals surface area contributed by atoms with Gasteiger partial charge in [-0.2, -0.15) is 10.5 Å². The Balaban J connectivity index is 3.50. The van der Waals surface area contributed by atoms with Gasteiger partial charge >= 0.3 is 0 Å². The molecule has 68 valence electrons. The van der Waals surface area contributed by atoms with Crippen LogP contribution in [0.25, 0.3) is 8.96 Å². The minimum Gasteiger partial charge on any atom is -0.192 e. The topological polar surface area (TPSA) is 47.6 Å². The van der Waals surface area contributed by atoms with Gasteiger partial charge in [0.15, 0.2) is 0 Å². The smallest absolute Gasteiger partial charge is 0.136 e. The summed E-state index contributed by atoms with van der Waals surface area (Å²) in [5.74, 6) is 0. The third-order valence-electron chi connectivity index (χ3n) is 1.62. The van der Waals surface area contributed by atoms with Crippen molar-refractivity contribution >= 4 is 40.8 Å². The fourth-order valence-corrected chi connectivity index (χ4v) is 1.45. The lowest BCUT2D eigenvalue weighted by Gasteiger charge is -1.88. The summed E-state index contributed by atoms with van der Waals surface area (Å²) in [5.41, 5.74) is 0.127. The molecule has 0 bridgehead atoms. The average molecular weight is 312 g/mol. The van der Waals surface area contributed by atoms with Crippen LogP contribution in [-0.4, -0.2) is 0 Å². The number of hydrogen-bond donors (Lipinski definition) is 0. The van der Waals surface area contributed by atoms with Gasteiger partial charge in [-0.1, -0.05) is 24.3 Å². The van der Waals surface area contributed by atoms with Crippen molar-refractivity contribution in [1.82, 2.24) is 0 Å². The molecule has 0 aliphatic heterocycles. The Bertz CT molecular complexity index is 503. The first-order chi connectivity index (χ1) is 6.69. The summed E-state index contributed by atoms with van der Waals surface area (Å²) >= 11 is 6.55. The molecule has 1 aromatic rings. The lowest BCUT2D eigenvalue weighted by molar-refractivity contribution is 1.48. The minimum absolute atomic E-state index is 0.127. The third-order valence-corrected chi connectivity index (χ3v) is 2.53. The molecule has 0 amide bonds. The Labute approximate surface area is 98.0 Å². The molecular weight excluding hydrogens is 308 g/mol. The molecule has 0 saturated heterocycles. The van der Waals surface area contributed by atoms with Crippen LogP contribution < -0.4 is 10.4 Å². The molecule has 2 nitrogen and oxygen atoms in total. The van der Waals surface area contributed by atoms with Crippen molar-refractivity contribution in [2.24, 2.45) is 0 Å². The summed E-state index contributed by atoms with van der Waals surface area (Å²) < 4.78 is 0.840. The zero-order valence-electron chi connectivity index (χ0n) is 6.96. The Morgan fingerprint density at radius 3 is 1.71 bits per heavy atom. The number of hydrogen-bond acceptors (Lipinski definition) is 2. The predicted molar refractivity (Wildman–Crippen MR) is 61.6 cm³/mol. The van der Waals surface area contributed by atoms with Gasteiger partial charge in [0, 0.05) is 5.22 Å². The first kappa shape index (κ1) is 11.0. The Hall–Kier alpha value is -1.10. The Morgan fingerprint density at radius 1 is 0.929 bits per heavy atom. The van der Waals surface area contributed by atoms with Crippen LogP contribution in [0.1, 0.15) is 0 Å². The number of nitrogens with zero attached hydrogens (tertiary/aromatic N) is 2. The van der Waals surface area contributed by atoms with Gasteiger partial charge in [-0.15, -0.1) is 0 Å². The SMILES string of the molecule is N#CC(C#N)=c1ccc(=C(Br)Br)cc1. The van der Waals surface area contributed by atoms with Gasteiger partial charge in [0.1, 0.15) is 17.7 Å². The van der Waals surface area contributed by atoms with E-state index in [-0.39, 0.29) is 5.57 Å². The van der Waals surface area contributed by atoms with Gasteiger partial charge in [-0.25, -0.2) is 0 Å². The van der Waals surface area contributed by atoms with Gasteiger partial charge in [-0.05, 0) is 37.1 Å². The molecule has 0 fully saturated rings. The molecule has 0 aromatic heterocycles. The van der Waals surface area contributed by atoms with Crippen LogP contribution in [0.15, 0.2) is 24.3 Å². The molecule has 1 rings (SSSR count). The summed E-state index contributed by atoms with van der Waals surface area (Å²) in [6.07, 6.45) is 0. The lowest BCUT2D eigenvalue weighted by atomic mass is 10.2. The van der Waals surface area contributed by atoms with E-state index >= 15 is 0 Å². The maximum atomic E-state index is 8.62. The molecule has 0 saturated carbocycles. The van der Waals surface area contributed by atoms with E-state index in [1.54, 1.807) is 12.1 Å². The standard InChI is InChI=1S/C10H4Br2N2/c11-10(12)8-3-1-7(2-4-8)9(5-13)6-14/h1-4H. The summed E-state index contributed by atoms with van der Waals surface area (Å²) in [5, 5.41) is 18.9. The number of nitriles is 2.